The zero-order chi connectivity index (χ0) is 41.4. The van der Waals surface area contributed by atoms with Gasteiger partial charge in [-0.3, -0.25) is 9.59 Å². The summed E-state index contributed by atoms with van der Waals surface area (Å²) in [7, 11) is 2.68. The van der Waals surface area contributed by atoms with E-state index in [0.29, 0.717) is 18.7 Å². The molecule has 2 fully saturated rings. The van der Waals surface area contributed by atoms with Gasteiger partial charge < -0.3 is 34.7 Å². The van der Waals surface area contributed by atoms with Gasteiger partial charge in [-0.1, -0.05) is 99.8 Å². The van der Waals surface area contributed by atoms with Crippen LogP contribution in [0.3, 0.4) is 0 Å². The maximum atomic E-state index is 13.9. The number of hydrogen-bond donors (Lipinski definition) is 3. The number of likely N-dealkylation sites (tertiary alicyclic amines) is 2. The Kier molecular flexibility index (Phi) is 18.6. The van der Waals surface area contributed by atoms with Crippen LogP contribution in [0.25, 0.3) is 22.1 Å². The van der Waals surface area contributed by atoms with E-state index < -0.39 is 18.2 Å². The Labute approximate surface area is 388 Å². The van der Waals surface area contributed by atoms with Crippen molar-refractivity contribution in [1.82, 2.24) is 35.1 Å². The van der Waals surface area contributed by atoms with Crippen LogP contribution in [0.15, 0.2) is 114 Å². The molecule has 2 saturated heterocycles. The number of benzene rings is 4. The summed E-state index contributed by atoms with van der Waals surface area (Å²) in [5, 5.41) is 2.72. The maximum Gasteiger partial charge on any atom is 0.407 e. The minimum atomic E-state index is -0.872. The molecule has 0 unspecified atom stereocenters. The fourth-order valence-electron chi connectivity index (χ4n) is 8.28. The summed E-state index contributed by atoms with van der Waals surface area (Å²) in [5.41, 5.74) is 7.27. The van der Waals surface area contributed by atoms with E-state index in [1.54, 1.807) is 4.90 Å². The van der Waals surface area contributed by atoms with Gasteiger partial charge in [-0.05, 0) is 85.0 Å². The van der Waals surface area contributed by atoms with Crippen molar-refractivity contribution < 1.29 is 28.9 Å². The summed E-state index contributed by atoms with van der Waals surface area (Å²) in [6.07, 6.45) is 9.59. The molecule has 3 amide bonds. The quantitative estimate of drug-likeness (QED) is 0.0320. The Bertz CT molecular complexity index is 2510. The third-order valence-corrected chi connectivity index (χ3v) is 11.2. The molecule has 2 aliphatic rings. The molecule has 2 aromatic heterocycles. The molecular formula is C48H60N8O6S2. The molecule has 3 N–H and O–H groups in total. The van der Waals surface area contributed by atoms with Crippen molar-refractivity contribution in [2.45, 2.75) is 77.5 Å². The molecule has 4 aromatic carbocycles. The van der Waals surface area contributed by atoms with Crippen molar-refractivity contribution in [2.24, 2.45) is 4.99 Å². The third kappa shape index (κ3) is 11.3. The van der Waals surface area contributed by atoms with Crippen LogP contribution >= 0.6 is 27.0 Å². The molecule has 4 atom stereocenters. The Balaban J connectivity index is 0.00000224. The van der Waals surface area contributed by atoms with Gasteiger partial charge in [0.2, 0.25) is 6.40 Å². The molecule has 2 aliphatic heterocycles. The highest BCUT2D eigenvalue weighted by molar-refractivity contribution is 7.59. The summed E-state index contributed by atoms with van der Waals surface area (Å²) in [4.78, 5) is 74.5. The van der Waals surface area contributed by atoms with Crippen molar-refractivity contribution in [1.29, 1.82) is 0 Å². The van der Waals surface area contributed by atoms with E-state index in [2.05, 4.69) is 61.6 Å². The number of carbonyl (C=O) groups is 3. The van der Waals surface area contributed by atoms with Crippen molar-refractivity contribution in [3.8, 4) is 0 Å². The fraction of sp³-hybridized carbons (Fsp3) is 0.333. The second-order valence-electron chi connectivity index (χ2n) is 15.0. The van der Waals surface area contributed by atoms with Crippen LogP contribution in [0.1, 0.15) is 98.6 Å². The van der Waals surface area contributed by atoms with Gasteiger partial charge in [0.25, 0.3) is 11.8 Å². The van der Waals surface area contributed by atoms with E-state index in [-0.39, 0.29) is 65.7 Å². The number of amides is 3. The van der Waals surface area contributed by atoms with E-state index in [4.69, 9.17) is 19.6 Å². The molecular weight excluding hydrogens is 849 g/mol. The van der Waals surface area contributed by atoms with Gasteiger partial charge in [0.05, 0.1) is 48.4 Å². The van der Waals surface area contributed by atoms with E-state index in [0.717, 1.165) is 88.9 Å². The minimum absolute atomic E-state index is 0. The first-order valence-electron chi connectivity index (χ1n) is 20.3. The lowest BCUT2D eigenvalue weighted by molar-refractivity contribution is -0.188. The number of aromatic nitrogens is 4. The maximum absolute atomic E-state index is 13.9. The van der Waals surface area contributed by atoms with Crippen molar-refractivity contribution in [3.63, 3.8) is 0 Å². The standard InChI is InChI=1S/C46H48N8O6.2CH4.2H2S/c1-58-46(57)52-41(33-17-7-4-8-18-33)45(56)54-26-12-20-39(54)43-49-35-24-22-31(28-37(35)51-43)14-10-9-13-30-21-23-34-36(27-30)50-42(48-34)38-19-11-25-53(38)44(55)40(47-29-60-59-2)32-15-5-3-6-16-32;;;;/h3-10,15-18,21-24,27-29,38-41H,11-14,19-20,25-26H2,1-2H3,(H,48,50)(H,49,51)(H,52,57);2*1H4;2*1H2/t38-,39-,40+,41+;;;;/m0..../s1. The van der Waals surface area contributed by atoms with Crippen molar-refractivity contribution >= 4 is 73.4 Å². The monoisotopic (exact) mass is 908 g/mol. The highest BCUT2D eigenvalue weighted by Gasteiger charge is 2.38. The summed E-state index contributed by atoms with van der Waals surface area (Å²) >= 11 is 0. The van der Waals surface area contributed by atoms with Crippen LogP contribution < -0.4 is 5.32 Å². The smallest absolute Gasteiger partial charge is 0.407 e. The third-order valence-electron chi connectivity index (χ3n) is 11.2. The molecule has 0 aliphatic carbocycles. The van der Waals surface area contributed by atoms with E-state index in [1.807, 2.05) is 77.7 Å². The lowest BCUT2D eigenvalue weighted by atomic mass is 10.1. The zero-order valence-corrected chi connectivity index (χ0v) is 36.6. The number of fused-ring (bicyclic) bond motifs is 2. The average Bonchev–Trinajstić information content (AvgIpc) is 4.12. The number of allylic oxidation sites excluding steroid dienone is 2. The van der Waals surface area contributed by atoms with E-state index >= 15 is 0 Å². The molecule has 14 nitrogen and oxygen atoms in total. The number of methoxy groups -OCH3 is 1. The highest BCUT2D eigenvalue weighted by Crippen LogP contribution is 2.36. The number of imidazole rings is 2. The number of rotatable bonds is 14. The molecule has 340 valence electrons. The molecule has 8 rings (SSSR count). The van der Waals surface area contributed by atoms with Gasteiger partial charge >= 0.3 is 6.09 Å². The topological polar surface area (TPSA) is 167 Å². The summed E-state index contributed by atoms with van der Waals surface area (Å²) in [5.74, 6) is 1.18. The number of nitrogens with one attached hydrogen (secondary N) is 3. The zero-order valence-electron chi connectivity index (χ0n) is 34.6. The first-order valence-corrected chi connectivity index (χ1v) is 20.3. The van der Waals surface area contributed by atoms with E-state index in [1.165, 1.54) is 20.6 Å². The van der Waals surface area contributed by atoms with Crippen LogP contribution in [0.2, 0.25) is 0 Å². The number of aromatic amines is 2. The largest absolute Gasteiger partial charge is 0.453 e. The van der Waals surface area contributed by atoms with Gasteiger partial charge in [0, 0.05) is 13.1 Å². The highest BCUT2D eigenvalue weighted by atomic mass is 32.1. The van der Waals surface area contributed by atoms with Gasteiger partial charge in [0.1, 0.15) is 17.7 Å². The number of H-pyrrole nitrogens is 2. The van der Waals surface area contributed by atoms with Crippen LogP contribution in [0, 0.1) is 0 Å². The predicted molar refractivity (Wildman–Crippen MR) is 261 cm³/mol. The van der Waals surface area contributed by atoms with Gasteiger partial charge in [-0.2, -0.15) is 31.9 Å². The lowest BCUT2D eigenvalue weighted by Crippen LogP contribution is -2.42. The normalized spacial score (nSPS) is 16.7. The van der Waals surface area contributed by atoms with Crippen LogP contribution in [-0.2, 0) is 36.9 Å². The number of carbonyl (C=O) groups excluding carboxylic acids is 3. The predicted octanol–water partition coefficient (Wildman–Crippen LogP) is 9.05. The van der Waals surface area contributed by atoms with Gasteiger partial charge in [-0.25, -0.2) is 19.8 Å². The number of nitrogens with zero attached hydrogens (tertiary/aromatic N) is 5. The number of hydrogen-bond acceptors (Lipinski definition) is 9. The Morgan fingerprint density at radius 1 is 0.734 bits per heavy atom. The molecule has 0 radical (unpaired) electrons. The summed E-state index contributed by atoms with van der Waals surface area (Å²) in [6.45, 7) is 1.18. The van der Waals surface area contributed by atoms with Gasteiger partial charge in [0.15, 0.2) is 6.04 Å². The van der Waals surface area contributed by atoms with Crippen LogP contribution in [0.5, 0.6) is 0 Å². The Hall–Kier alpha value is -6.10. The van der Waals surface area contributed by atoms with Crippen molar-refractivity contribution in [2.75, 3.05) is 27.3 Å². The minimum Gasteiger partial charge on any atom is -0.453 e. The first kappa shape index (κ1) is 50.5. The lowest BCUT2D eigenvalue weighted by Gasteiger charge is -2.28. The molecule has 4 heterocycles. The summed E-state index contributed by atoms with van der Waals surface area (Å²) in [6, 6.07) is 29.0. The second-order valence-corrected chi connectivity index (χ2v) is 15.0. The van der Waals surface area contributed by atoms with Gasteiger partial charge in [-0.15, -0.1) is 0 Å². The van der Waals surface area contributed by atoms with Crippen molar-refractivity contribution in [3.05, 3.63) is 143 Å². The molecule has 16 heteroatoms. The van der Waals surface area contributed by atoms with E-state index in [9.17, 15) is 14.4 Å². The molecule has 0 bridgehead atoms. The summed E-state index contributed by atoms with van der Waals surface area (Å²) < 4.78 is 4.84. The van der Waals surface area contributed by atoms with Crippen LogP contribution in [-0.4, -0.2) is 81.4 Å². The Morgan fingerprint density at radius 2 is 1.23 bits per heavy atom. The fourth-order valence-corrected chi connectivity index (χ4v) is 8.28. The SMILES string of the molecule is C.C.COOC=N[C@@H](C(=O)N1CCC[C@H]1c1nc2ccc(CC=CCc3ccc4nc([C@@H]5CCCN5C(=O)[C@H](NC(=O)OC)c5ccccc5)[nH]c4c3)cc2[nH]1)c1ccccc1.S.S. The molecule has 0 saturated carbocycles. The first-order chi connectivity index (χ1) is 29.4. The average molecular weight is 909 g/mol. The van der Waals surface area contributed by atoms with Crippen LogP contribution in [0.4, 0.5) is 4.79 Å². The number of alkyl carbamates (subject to hydrolysis) is 1. The molecule has 0 spiro atoms. The Morgan fingerprint density at radius 3 is 1.73 bits per heavy atom. The number of ether oxygens (including phenoxy) is 1. The molecule has 64 heavy (non-hydrogen) atoms. The second kappa shape index (κ2) is 23.5. The molecule has 6 aromatic rings. The number of aliphatic imine (C=N–C) groups is 1.